The van der Waals surface area contributed by atoms with Crippen molar-refractivity contribution in [2.75, 3.05) is 33.5 Å². The van der Waals surface area contributed by atoms with E-state index in [0.29, 0.717) is 38.3 Å². The maximum Gasteiger partial charge on any atom is 0.240 e. The lowest BCUT2D eigenvalue weighted by Gasteiger charge is -2.07. The summed E-state index contributed by atoms with van der Waals surface area (Å²) in [6.45, 7) is 2.05. The highest BCUT2D eigenvalue weighted by atomic mass is 32.2. The first-order chi connectivity index (χ1) is 10.1. The third kappa shape index (κ3) is 6.69. The zero-order valence-corrected chi connectivity index (χ0v) is 12.9. The van der Waals surface area contributed by atoms with Crippen molar-refractivity contribution in [3.8, 4) is 6.07 Å². The molecule has 0 aromatic heterocycles. The lowest BCUT2D eigenvalue weighted by molar-refractivity contribution is 0.0689. The van der Waals surface area contributed by atoms with Gasteiger partial charge in [-0.1, -0.05) is 0 Å². The zero-order chi connectivity index (χ0) is 15.6. The molecule has 21 heavy (non-hydrogen) atoms. The SMILES string of the molecule is COCCOCCCCNS(=O)(=O)c1ccc(C#N)cc1. The van der Waals surface area contributed by atoms with Crippen LogP contribution in [0.3, 0.4) is 0 Å². The fourth-order valence-electron chi connectivity index (χ4n) is 1.57. The molecule has 0 spiro atoms. The van der Waals surface area contributed by atoms with E-state index in [2.05, 4.69) is 4.72 Å². The number of hydrogen-bond donors (Lipinski definition) is 1. The molecule has 7 heteroatoms. The molecule has 1 aromatic rings. The van der Waals surface area contributed by atoms with Crippen LogP contribution in [0, 0.1) is 11.3 Å². The van der Waals surface area contributed by atoms with Crippen LogP contribution in [0.1, 0.15) is 18.4 Å². The summed E-state index contributed by atoms with van der Waals surface area (Å²) < 4.78 is 36.6. The number of nitriles is 1. The predicted octanol–water partition coefficient (Wildman–Crippen LogP) is 1.28. The van der Waals surface area contributed by atoms with E-state index in [1.165, 1.54) is 24.3 Å². The van der Waals surface area contributed by atoms with Gasteiger partial charge in [0.25, 0.3) is 0 Å². The second kappa shape index (κ2) is 9.47. The number of ether oxygens (including phenoxy) is 2. The minimum Gasteiger partial charge on any atom is -0.382 e. The number of methoxy groups -OCH3 is 1. The van der Waals surface area contributed by atoms with Gasteiger partial charge in [-0.3, -0.25) is 0 Å². The smallest absolute Gasteiger partial charge is 0.240 e. The van der Waals surface area contributed by atoms with Gasteiger partial charge in [0.2, 0.25) is 10.0 Å². The molecular weight excluding hydrogens is 292 g/mol. The molecule has 6 nitrogen and oxygen atoms in total. The van der Waals surface area contributed by atoms with Gasteiger partial charge in [-0.25, -0.2) is 13.1 Å². The fraction of sp³-hybridized carbons (Fsp3) is 0.500. The van der Waals surface area contributed by atoms with Gasteiger partial charge >= 0.3 is 0 Å². The van der Waals surface area contributed by atoms with Crippen LogP contribution in [0.2, 0.25) is 0 Å². The minimum absolute atomic E-state index is 0.165. The van der Waals surface area contributed by atoms with Crippen LogP contribution in [0.5, 0.6) is 0 Å². The number of sulfonamides is 1. The molecule has 0 atom stereocenters. The highest BCUT2D eigenvalue weighted by Crippen LogP contribution is 2.09. The third-order valence-corrected chi connectivity index (χ3v) is 4.21. The summed E-state index contributed by atoms with van der Waals surface area (Å²) in [5.41, 5.74) is 0.433. The molecule has 1 aromatic carbocycles. The van der Waals surface area contributed by atoms with Crippen LogP contribution in [-0.4, -0.2) is 41.9 Å². The maximum absolute atomic E-state index is 12.0. The number of benzene rings is 1. The first kappa shape index (κ1) is 17.6. The van der Waals surface area contributed by atoms with Crippen molar-refractivity contribution in [3.63, 3.8) is 0 Å². The Hall–Kier alpha value is -1.46. The van der Waals surface area contributed by atoms with Crippen LogP contribution in [0.25, 0.3) is 0 Å². The molecule has 0 aliphatic heterocycles. The first-order valence-corrected chi connectivity index (χ1v) is 8.15. The minimum atomic E-state index is -3.51. The van der Waals surface area contributed by atoms with Gasteiger partial charge in [-0.15, -0.1) is 0 Å². The lowest BCUT2D eigenvalue weighted by Crippen LogP contribution is -2.25. The van der Waals surface area contributed by atoms with Crippen molar-refractivity contribution < 1.29 is 17.9 Å². The van der Waals surface area contributed by atoms with Crippen LogP contribution in [0.15, 0.2) is 29.2 Å². The largest absolute Gasteiger partial charge is 0.382 e. The molecule has 116 valence electrons. The van der Waals surface area contributed by atoms with Gasteiger partial charge in [0.1, 0.15) is 0 Å². The molecule has 0 aliphatic rings. The Bertz CT molecular complexity index is 549. The van der Waals surface area contributed by atoms with Crippen molar-refractivity contribution in [2.45, 2.75) is 17.7 Å². The molecule has 0 saturated heterocycles. The molecule has 0 fully saturated rings. The summed E-state index contributed by atoms with van der Waals surface area (Å²) >= 11 is 0. The average Bonchev–Trinajstić information content (AvgIpc) is 2.50. The fourth-order valence-corrected chi connectivity index (χ4v) is 2.65. The second-order valence-electron chi connectivity index (χ2n) is 4.35. The summed E-state index contributed by atoms with van der Waals surface area (Å²) in [5, 5.41) is 8.67. The predicted molar refractivity (Wildman–Crippen MR) is 78.3 cm³/mol. The van der Waals surface area contributed by atoms with E-state index in [4.69, 9.17) is 14.7 Å². The van der Waals surface area contributed by atoms with Crippen molar-refractivity contribution in [1.29, 1.82) is 5.26 Å². The van der Waals surface area contributed by atoms with Crippen LogP contribution in [-0.2, 0) is 19.5 Å². The molecule has 0 saturated carbocycles. The number of unbranched alkanes of at least 4 members (excludes halogenated alkanes) is 1. The van der Waals surface area contributed by atoms with Crippen molar-refractivity contribution in [1.82, 2.24) is 4.72 Å². The number of rotatable bonds is 10. The normalized spacial score (nSPS) is 11.2. The number of nitrogens with zero attached hydrogens (tertiary/aromatic N) is 1. The van der Waals surface area contributed by atoms with E-state index in [1.807, 2.05) is 6.07 Å². The standard InChI is InChI=1S/C14H20N2O4S/c1-19-10-11-20-9-3-2-8-16-21(17,18)14-6-4-13(12-15)5-7-14/h4-7,16H,2-3,8-11H2,1H3. The van der Waals surface area contributed by atoms with Crippen LogP contribution >= 0.6 is 0 Å². The van der Waals surface area contributed by atoms with Crippen molar-refractivity contribution >= 4 is 10.0 Å². The zero-order valence-electron chi connectivity index (χ0n) is 12.0. The number of nitrogens with one attached hydrogen (secondary N) is 1. The van der Waals surface area contributed by atoms with Gasteiger partial charge in [0.15, 0.2) is 0 Å². The molecule has 0 radical (unpaired) electrons. The average molecular weight is 312 g/mol. The highest BCUT2D eigenvalue weighted by molar-refractivity contribution is 7.89. The van der Waals surface area contributed by atoms with E-state index in [9.17, 15) is 8.42 Å². The van der Waals surface area contributed by atoms with Crippen LogP contribution < -0.4 is 4.72 Å². The van der Waals surface area contributed by atoms with Crippen molar-refractivity contribution in [3.05, 3.63) is 29.8 Å². The van der Waals surface area contributed by atoms with Gasteiger partial charge in [0.05, 0.1) is 29.7 Å². The summed E-state index contributed by atoms with van der Waals surface area (Å²) in [4.78, 5) is 0.165. The second-order valence-corrected chi connectivity index (χ2v) is 6.11. The highest BCUT2D eigenvalue weighted by Gasteiger charge is 2.12. The summed E-state index contributed by atoms with van der Waals surface area (Å²) in [7, 11) is -1.89. The van der Waals surface area contributed by atoms with Gasteiger partial charge in [-0.05, 0) is 37.1 Å². The lowest BCUT2D eigenvalue weighted by atomic mass is 10.2. The van der Waals surface area contributed by atoms with E-state index in [-0.39, 0.29) is 4.90 Å². The topological polar surface area (TPSA) is 88.4 Å². The Morgan fingerprint density at radius 2 is 1.86 bits per heavy atom. The van der Waals surface area contributed by atoms with E-state index in [1.54, 1.807) is 7.11 Å². The Morgan fingerprint density at radius 1 is 1.14 bits per heavy atom. The maximum atomic E-state index is 12.0. The molecular formula is C14H20N2O4S. The van der Waals surface area contributed by atoms with Gasteiger partial charge in [0, 0.05) is 20.3 Å². The molecule has 0 bridgehead atoms. The summed E-state index contributed by atoms with van der Waals surface area (Å²) in [6, 6.07) is 7.77. The monoisotopic (exact) mass is 312 g/mol. The Balaban J connectivity index is 2.28. The Kier molecular flexibility index (Phi) is 7.93. The third-order valence-electron chi connectivity index (χ3n) is 2.73. The van der Waals surface area contributed by atoms with Crippen molar-refractivity contribution in [2.24, 2.45) is 0 Å². The quantitative estimate of drug-likeness (QED) is 0.657. The molecule has 0 aliphatic carbocycles. The molecule has 0 amide bonds. The Labute approximate surface area is 125 Å². The van der Waals surface area contributed by atoms with E-state index < -0.39 is 10.0 Å². The molecule has 1 N–H and O–H groups in total. The first-order valence-electron chi connectivity index (χ1n) is 6.66. The Morgan fingerprint density at radius 3 is 2.48 bits per heavy atom. The molecule has 1 rings (SSSR count). The van der Waals surface area contributed by atoms with Crippen LogP contribution in [0.4, 0.5) is 0 Å². The summed E-state index contributed by atoms with van der Waals surface area (Å²) in [6.07, 6.45) is 1.47. The van der Waals surface area contributed by atoms with Gasteiger partial charge < -0.3 is 9.47 Å². The van der Waals surface area contributed by atoms with Gasteiger partial charge in [-0.2, -0.15) is 5.26 Å². The molecule has 0 unspecified atom stereocenters. The summed E-state index contributed by atoms with van der Waals surface area (Å²) in [5.74, 6) is 0. The van der Waals surface area contributed by atoms with E-state index in [0.717, 1.165) is 6.42 Å². The number of hydrogen-bond acceptors (Lipinski definition) is 5. The molecule has 0 heterocycles. The van der Waals surface area contributed by atoms with E-state index >= 15 is 0 Å².